The van der Waals surface area contributed by atoms with Crippen LogP contribution in [0.5, 0.6) is 5.75 Å². The highest BCUT2D eigenvalue weighted by Gasteiger charge is 2.47. The van der Waals surface area contributed by atoms with Crippen molar-refractivity contribution in [3.05, 3.63) is 65.7 Å². The zero-order valence-electron chi connectivity index (χ0n) is 16.4. The molecule has 2 atom stereocenters. The van der Waals surface area contributed by atoms with Crippen LogP contribution in [0.15, 0.2) is 54.6 Å². The molecule has 0 bridgehead atoms. The van der Waals surface area contributed by atoms with Crippen LogP contribution in [0, 0.1) is 34.0 Å². The van der Waals surface area contributed by atoms with E-state index in [1.807, 2.05) is 41.4 Å². The summed E-state index contributed by atoms with van der Waals surface area (Å²) in [6, 6.07) is 22.6. The number of nitrogens with two attached hydrogens (primary N) is 1. The molecule has 0 aliphatic carbocycles. The van der Waals surface area contributed by atoms with Crippen LogP contribution >= 0.6 is 0 Å². The SMILES string of the molecule is COc1ccccc1CC1(c2ccccc2)CCC(C(C)(C#N)C#N)CN1N. The molecule has 2 aromatic carbocycles. The first kappa shape index (κ1) is 19.9. The molecule has 2 aromatic rings. The molecule has 0 saturated carbocycles. The number of hydrogen-bond acceptors (Lipinski definition) is 5. The predicted octanol–water partition coefficient (Wildman–Crippen LogP) is 3.77. The maximum atomic E-state index is 9.53. The molecule has 3 rings (SSSR count). The second-order valence-electron chi connectivity index (χ2n) is 7.70. The van der Waals surface area contributed by atoms with Crippen LogP contribution in [0.1, 0.15) is 30.9 Å². The number of ether oxygens (including phenoxy) is 1. The van der Waals surface area contributed by atoms with Crippen LogP contribution in [-0.2, 0) is 12.0 Å². The molecule has 28 heavy (non-hydrogen) atoms. The number of nitrogens with zero attached hydrogens (tertiary/aromatic N) is 3. The Morgan fingerprint density at radius 3 is 2.39 bits per heavy atom. The summed E-state index contributed by atoms with van der Waals surface area (Å²) in [5.74, 6) is 7.40. The number of rotatable bonds is 5. The van der Waals surface area contributed by atoms with Gasteiger partial charge < -0.3 is 4.74 Å². The summed E-state index contributed by atoms with van der Waals surface area (Å²) in [7, 11) is 1.68. The third-order valence-electron chi connectivity index (χ3n) is 6.14. The van der Waals surface area contributed by atoms with Gasteiger partial charge in [-0.15, -0.1) is 0 Å². The zero-order chi connectivity index (χ0) is 20.2. The Morgan fingerprint density at radius 2 is 1.79 bits per heavy atom. The molecule has 2 unspecified atom stereocenters. The van der Waals surface area contributed by atoms with E-state index in [4.69, 9.17) is 10.6 Å². The summed E-state index contributed by atoms with van der Waals surface area (Å²) in [5, 5.41) is 20.9. The van der Waals surface area contributed by atoms with E-state index in [0.717, 1.165) is 29.7 Å². The molecule has 1 saturated heterocycles. The largest absolute Gasteiger partial charge is 0.496 e. The summed E-state index contributed by atoms with van der Waals surface area (Å²) in [6.07, 6.45) is 2.21. The first-order valence-corrected chi connectivity index (χ1v) is 9.51. The summed E-state index contributed by atoms with van der Waals surface area (Å²) in [5.41, 5.74) is 0.770. The minimum Gasteiger partial charge on any atom is -0.496 e. The predicted molar refractivity (Wildman–Crippen MR) is 108 cm³/mol. The second kappa shape index (κ2) is 8.02. The molecule has 0 aromatic heterocycles. The maximum Gasteiger partial charge on any atom is 0.145 e. The van der Waals surface area contributed by atoms with Crippen molar-refractivity contribution in [3.63, 3.8) is 0 Å². The lowest BCUT2D eigenvalue weighted by Crippen LogP contribution is -2.58. The van der Waals surface area contributed by atoms with Crippen molar-refractivity contribution in [1.29, 1.82) is 10.5 Å². The van der Waals surface area contributed by atoms with Crippen molar-refractivity contribution in [2.24, 2.45) is 17.2 Å². The Labute approximate surface area is 166 Å². The molecule has 5 nitrogen and oxygen atoms in total. The van der Waals surface area contributed by atoms with Crippen LogP contribution in [-0.4, -0.2) is 18.7 Å². The van der Waals surface area contributed by atoms with Crippen LogP contribution in [0.25, 0.3) is 0 Å². The molecule has 2 N–H and O–H groups in total. The van der Waals surface area contributed by atoms with E-state index in [1.54, 1.807) is 14.0 Å². The highest BCUT2D eigenvalue weighted by molar-refractivity contribution is 5.38. The lowest BCUT2D eigenvalue weighted by atomic mass is 9.68. The first-order valence-electron chi connectivity index (χ1n) is 9.51. The Kier molecular flexibility index (Phi) is 5.70. The lowest BCUT2D eigenvalue weighted by Gasteiger charge is -2.49. The van der Waals surface area contributed by atoms with Crippen molar-refractivity contribution in [1.82, 2.24) is 5.01 Å². The van der Waals surface area contributed by atoms with Gasteiger partial charge in [-0.2, -0.15) is 10.5 Å². The molecule has 1 aliphatic rings. The van der Waals surface area contributed by atoms with E-state index < -0.39 is 11.0 Å². The number of methoxy groups -OCH3 is 1. The first-order chi connectivity index (χ1) is 13.5. The maximum absolute atomic E-state index is 9.53. The zero-order valence-corrected chi connectivity index (χ0v) is 16.4. The summed E-state index contributed by atoms with van der Waals surface area (Å²) < 4.78 is 5.57. The monoisotopic (exact) mass is 374 g/mol. The molecule has 1 heterocycles. The van der Waals surface area contributed by atoms with Crippen LogP contribution < -0.4 is 10.6 Å². The van der Waals surface area contributed by atoms with E-state index in [-0.39, 0.29) is 5.92 Å². The third kappa shape index (κ3) is 3.47. The van der Waals surface area contributed by atoms with Crippen LogP contribution in [0.3, 0.4) is 0 Å². The van der Waals surface area contributed by atoms with Gasteiger partial charge in [0.25, 0.3) is 0 Å². The lowest BCUT2D eigenvalue weighted by molar-refractivity contribution is -0.00329. The number of para-hydroxylation sites is 1. The van der Waals surface area contributed by atoms with Gasteiger partial charge in [-0.1, -0.05) is 48.5 Å². The summed E-state index contributed by atoms with van der Waals surface area (Å²) in [4.78, 5) is 0. The highest BCUT2D eigenvalue weighted by Crippen LogP contribution is 2.45. The smallest absolute Gasteiger partial charge is 0.145 e. The Hall–Kier alpha value is -2.86. The molecule has 1 fully saturated rings. The van der Waals surface area contributed by atoms with Gasteiger partial charge >= 0.3 is 0 Å². The average Bonchev–Trinajstić information content (AvgIpc) is 2.75. The summed E-state index contributed by atoms with van der Waals surface area (Å²) >= 11 is 0. The normalized spacial score (nSPS) is 22.8. The van der Waals surface area contributed by atoms with Gasteiger partial charge in [0.1, 0.15) is 11.2 Å². The number of nitriles is 2. The van der Waals surface area contributed by atoms with Crippen molar-refractivity contribution in [2.45, 2.75) is 31.7 Å². The van der Waals surface area contributed by atoms with Crippen molar-refractivity contribution in [2.75, 3.05) is 13.7 Å². The second-order valence-corrected chi connectivity index (χ2v) is 7.70. The fourth-order valence-corrected chi connectivity index (χ4v) is 4.25. The third-order valence-corrected chi connectivity index (χ3v) is 6.14. The van der Waals surface area contributed by atoms with Crippen molar-refractivity contribution < 1.29 is 4.74 Å². The fraction of sp³-hybridized carbons (Fsp3) is 0.391. The Morgan fingerprint density at radius 1 is 1.14 bits per heavy atom. The van der Waals surface area contributed by atoms with Gasteiger partial charge in [-0.3, -0.25) is 5.84 Å². The molecule has 0 radical (unpaired) electrons. The van der Waals surface area contributed by atoms with Crippen molar-refractivity contribution >= 4 is 0 Å². The molecule has 144 valence electrons. The number of piperidine rings is 1. The van der Waals surface area contributed by atoms with Gasteiger partial charge in [-0.25, -0.2) is 5.01 Å². The molecule has 0 spiro atoms. The Bertz CT molecular complexity index is 885. The minimum absolute atomic E-state index is 0.0954. The minimum atomic E-state index is -1.04. The fourth-order valence-electron chi connectivity index (χ4n) is 4.25. The van der Waals surface area contributed by atoms with Gasteiger partial charge in [0.2, 0.25) is 0 Å². The van der Waals surface area contributed by atoms with E-state index in [1.165, 1.54) is 0 Å². The van der Waals surface area contributed by atoms with Crippen molar-refractivity contribution in [3.8, 4) is 17.9 Å². The van der Waals surface area contributed by atoms with Gasteiger partial charge in [0.05, 0.1) is 24.8 Å². The van der Waals surface area contributed by atoms with Crippen LogP contribution in [0.2, 0.25) is 0 Å². The number of hydrogen-bond donors (Lipinski definition) is 1. The van der Waals surface area contributed by atoms with E-state index >= 15 is 0 Å². The average molecular weight is 374 g/mol. The molecule has 5 heteroatoms. The number of benzene rings is 2. The summed E-state index contributed by atoms with van der Waals surface area (Å²) in [6.45, 7) is 2.20. The molecular weight excluding hydrogens is 348 g/mol. The standard InChI is InChI=1S/C23H26N4O/c1-22(16-24,17-25)20-12-13-23(27(26)15-20,19-9-4-3-5-10-19)14-18-8-6-7-11-21(18)28-2/h3-11,20H,12-15,26H2,1-2H3. The number of hydrazine groups is 1. The van der Waals surface area contributed by atoms with Gasteiger partial charge in [0.15, 0.2) is 0 Å². The molecule has 0 amide bonds. The van der Waals surface area contributed by atoms with Crippen LogP contribution in [0.4, 0.5) is 0 Å². The molecule has 1 aliphatic heterocycles. The van der Waals surface area contributed by atoms with E-state index in [0.29, 0.717) is 13.0 Å². The van der Waals surface area contributed by atoms with E-state index in [2.05, 4.69) is 30.3 Å². The molecular formula is C23H26N4O. The quantitative estimate of drug-likeness (QED) is 0.805. The highest BCUT2D eigenvalue weighted by atomic mass is 16.5. The van der Waals surface area contributed by atoms with Gasteiger partial charge in [0, 0.05) is 12.5 Å². The Balaban J connectivity index is 2.01. The van der Waals surface area contributed by atoms with E-state index in [9.17, 15) is 10.5 Å². The topological polar surface area (TPSA) is 86.1 Å². The van der Waals surface area contributed by atoms with Gasteiger partial charge in [-0.05, 0) is 43.4 Å².